The highest BCUT2D eigenvalue weighted by Gasteiger charge is 2.48. The third-order valence-corrected chi connectivity index (χ3v) is 8.67. The van der Waals surface area contributed by atoms with Gasteiger partial charge in [-0.3, -0.25) is 14.5 Å². The van der Waals surface area contributed by atoms with Crippen LogP contribution >= 0.6 is 34.7 Å². The van der Waals surface area contributed by atoms with Gasteiger partial charge in [0.1, 0.15) is 11.5 Å². The highest BCUT2D eigenvalue weighted by atomic mass is 35.5. The number of halogens is 1. The molecular formula is C30H26ClN3O4S2. The quantitative estimate of drug-likeness (QED) is 0.0517. The van der Waals surface area contributed by atoms with Crippen LogP contribution in [0.5, 0.6) is 5.75 Å². The van der Waals surface area contributed by atoms with Crippen molar-refractivity contribution >= 4 is 57.3 Å². The molecule has 1 aliphatic rings. The van der Waals surface area contributed by atoms with Crippen LogP contribution in [0, 0.1) is 0 Å². The molecule has 10 heteroatoms. The van der Waals surface area contributed by atoms with Crippen LogP contribution in [-0.2, 0) is 15.3 Å². The summed E-state index contributed by atoms with van der Waals surface area (Å²) in [7, 11) is 0. The summed E-state index contributed by atoms with van der Waals surface area (Å²) in [6, 6.07) is 22.7. The first-order valence-corrected chi connectivity index (χ1v) is 14.9. The second-order valence-electron chi connectivity index (χ2n) is 9.08. The zero-order valence-corrected chi connectivity index (χ0v) is 24.0. The molecule has 0 aliphatic carbocycles. The van der Waals surface area contributed by atoms with E-state index in [9.17, 15) is 14.7 Å². The van der Waals surface area contributed by atoms with Crippen molar-refractivity contribution in [3.63, 3.8) is 0 Å². The zero-order valence-electron chi connectivity index (χ0n) is 21.6. The third kappa shape index (κ3) is 6.06. The van der Waals surface area contributed by atoms with Crippen molar-refractivity contribution in [2.45, 2.75) is 35.9 Å². The maximum Gasteiger partial charge on any atom is 0.301 e. The second-order valence-corrected chi connectivity index (χ2v) is 11.7. The lowest BCUT2D eigenvalue weighted by molar-refractivity contribution is -0.132. The van der Waals surface area contributed by atoms with Gasteiger partial charge in [0, 0.05) is 16.3 Å². The number of aliphatic hydroxyl groups is 1. The summed E-state index contributed by atoms with van der Waals surface area (Å²) in [4.78, 5) is 28.1. The maximum atomic E-state index is 13.4. The lowest BCUT2D eigenvalue weighted by Gasteiger charge is -2.22. The summed E-state index contributed by atoms with van der Waals surface area (Å²) in [5.41, 5.74) is 2.05. The average molecular weight is 592 g/mol. The predicted molar refractivity (Wildman–Crippen MR) is 159 cm³/mol. The van der Waals surface area contributed by atoms with Crippen LogP contribution in [0.4, 0.5) is 5.13 Å². The summed E-state index contributed by atoms with van der Waals surface area (Å²) in [5.74, 6) is -0.536. The minimum absolute atomic E-state index is 0.0411. The Balaban J connectivity index is 1.49. The van der Waals surface area contributed by atoms with E-state index in [1.807, 2.05) is 30.3 Å². The maximum absolute atomic E-state index is 13.4. The van der Waals surface area contributed by atoms with E-state index < -0.39 is 17.7 Å². The van der Waals surface area contributed by atoms with Crippen molar-refractivity contribution in [2.75, 3.05) is 11.5 Å². The largest absolute Gasteiger partial charge is 0.507 e. The van der Waals surface area contributed by atoms with E-state index in [2.05, 4.69) is 17.1 Å². The van der Waals surface area contributed by atoms with E-state index in [0.717, 1.165) is 18.4 Å². The molecule has 1 aromatic heterocycles. The Morgan fingerprint density at radius 3 is 2.55 bits per heavy atom. The van der Waals surface area contributed by atoms with Crippen molar-refractivity contribution in [1.29, 1.82) is 0 Å². The van der Waals surface area contributed by atoms with Gasteiger partial charge in [-0.25, -0.2) is 0 Å². The Hall–Kier alpha value is -3.66. The van der Waals surface area contributed by atoms with Gasteiger partial charge in [-0.1, -0.05) is 90.5 Å². The fourth-order valence-corrected chi connectivity index (χ4v) is 6.32. The molecule has 1 saturated heterocycles. The first-order valence-electron chi connectivity index (χ1n) is 12.8. The lowest BCUT2D eigenvalue weighted by Crippen LogP contribution is -2.29. The summed E-state index contributed by atoms with van der Waals surface area (Å²) in [6.45, 7) is 2.68. The summed E-state index contributed by atoms with van der Waals surface area (Å²) < 4.78 is 6.37. The molecule has 4 aromatic rings. The normalized spacial score (nSPS) is 16.4. The van der Waals surface area contributed by atoms with Gasteiger partial charge in [-0.2, -0.15) is 0 Å². The van der Waals surface area contributed by atoms with E-state index in [4.69, 9.17) is 16.3 Å². The number of benzene rings is 3. The molecule has 0 radical (unpaired) electrons. The molecule has 1 unspecified atom stereocenters. The molecule has 3 aromatic carbocycles. The molecule has 1 fully saturated rings. The fraction of sp³-hybridized carbons (Fsp3) is 0.200. The van der Waals surface area contributed by atoms with Gasteiger partial charge >= 0.3 is 5.91 Å². The minimum Gasteiger partial charge on any atom is -0.507 e. The number of nitrogens with zero attached hydrogens (tertiary/aromatic N) is 3. The molecule has 1 N–H and O–H groups in total. The van der Waals surface area contributed by atoms with Crippen LogP contribution in [0.1, 0.15) is 42.5 Å². The van der Waals surface area contributed by atoms with Crippen molar-refractivity contribution in [2.24, 2.45) is 0 Å². The molecule has 0 spiro atoms. The molecule has 1 amide bonds. The molecule has 1 atom stereocenters. The predicted octanol–water partition coefficient (Wildman–Crippen LogP) is 7.29. The first kappa shape index (κ1) is 27.9. The molecule has 7 nitrogen and oxygen atoms in total. The lowest BCUT2D eigenvalue weighted by atomic mass is 9.95. The van der Waals surface area contributed by atoms with E-state index >= 15 is 0 Å². The van der Waals surface area contributed by atoms with E-state index in [-0.39, 0.29) is 16.5 Å². The number of anilines is 1. The third-order valence-electron chi connectivity index (χ3n) is 6.31. The number of ketones is 1. The summed E-state index contributed by atoms with van der Waals surface area (Å²) >= 11 is 9.01. The smallest absolute Gasteiger partial charge is 0.301 e. The van der Waals surface area contributed by atoms with Crippen LogP contribution in [-0.4, -0.2) is 33.6 Å². The Morgan fingerprint density at radius 2 is 1.82 bits per heavy atom. The molecule has 204 valence electrons. The summed E-state index contributed by atoms with van der Waals surface area (Å²) in [5, 5.41) is 20.6. The standard InChI is InChI=1S/C30H26ClN3O4S2/c1-2-3-16-38-23-14-12-20(13-15-23)26(35)24-25(21-10-7-11-22(31)17-21)34(28(37)27(24)36)29-32-33-30(40-29)39-18-19-8-5-4-6-9-19/h4-15,17,25,35H,2-3,16,18H2,1H3. The Bertz CT molecular complexity index is 1540. The van der Waals surface area contributed by atoms with Crippen molar-refractivity contribution in [1.82, 2.24) is 10.2 Å². The van der Waals surface area contributed by atoms with Gasteiger partial charge in [0.2, 0.25) is 5.13 Å². The minimum atomic E-state index is -0.931. The van der Waals surface area contributed by atoms with E-state index in [1.165, 1.54) is 28.0 Å². The molecule has 5 rings (SSSR count). The number of aliphatic hydroxyl groups excluding tert-OH is 1. The number of amides is 1. The fourth-order valence-electron chi connectivity index (χ4n) is 4.30. The molecular weight excluding hydrogens is 566 g/mol. The number of aromatic nitrogens is 2. The van der Waals surface area contributed by atoms with E-state index in [1.54, 1.807) is 48.5 Å². The zero-order chi connectivity index (χ0) is 28.1. The second kappa shape index (κ2) is 12.7. The van der Waals surface area contributed by atoms with Crippen molar-refractivity contribution in [3.05, 3.63) is 106 Å². The monoisotopic (exact) mass is 591 g/mol. The van der Waals surface area contributed by atoms with Gasteiger partial charge in [-0.05, 0) is 53.9 Å². The molecule has 0 saturated carbocycles. The highest BCUT2D eigenvalue weighted by molar-refractivity contribution is 8.00. The number of Topliss-reactive ketones (excluding diaryl/α,β-unsaturated/α-hetero) is 1. The van der Waals surface area contributed by atoms with Gasteiger partial charge in [0.25, 0.3) is 5.78 Å². The first-order chi connectivity index (χ1) is 19.5. The number of hydrogen-bond donors (Lipinski definition) is 1. The van der Waals surface area contributed by atoms with Crippen molar-refractivity contribution < 1.29 is 19.4 Å². The Labute approximate surface area is 245 Å². The van der Waals surface area contributed by atoms with Gasteiger partial charge in [0.15, 0.2) is 4.34 Å². The molecule has 2 heterocycles. The number of rotatable bonds is 10. The number of thioether (sulfide) groups is 1. The van der Waals surface area contributed by atoms with Crippen molar-refractivity contribution in [3.8, 4) is 5.75 Å². The SMILES string of the molecule is CCCCOc1ccc(C(O)=C2C(=O)C(=O)N(c3nnc(SCc4ccccc4)s3)C2c2cccc(Cl)c2)cc1. The summed E-state index contributed by atoms with van der Waals surface area (Å²) in [6.07, 6.45) is 1.95. The van der Waals surface area contributed by atoms with Crippen LogP contribution in [0.15, 0.2) is 88.8 Å². The van der Waals surface area contributed by atoms with Gasteiger partial charge in [-0.15, -0.1) is 10.2 Å². The number of carbonyl (C=O) groups excluding carboxylic acids is 2. The van der Waals surface area contributed by atoms with Crippen LogP contribution < -0.4 is 9.64 Å². The Morgan fingerprint density at radius 1 is 1.05 bits per heavy atom. The van der Waals surface area contributed by atoms with Crippen LogP contribution in [0.25, 0.3) is 5.76 Å². The van der Waals surface area contributed by atoms with Gasteiger partial charge in [0.05, 0.1) is 18.2 Å². The highest BCUT2D eigenvalue weighted by Crippen LogP contribution is 2.44. The van der Waals surface area contributed by atoms with Crippen LogP contribution in [0.2, 0.25) is 5.02 Å². The number of ether oxygens (including phenoxy) is 1. The molecule has 40 heavy (non-hydrogen) atoms. The van der Waals surface area contributed by atoms with Crippen LogP contribution in [0.3, 0.4) is 0 Å². The van der Waals surface area contributed by atoms with Gasteiger partial charge < -0.3 is 9.84 Å². The average Bonchev–Trinajstić information content (AvgIpc) is 3.54. The molecule has 1 aliphatic heterocycles. The molecule has 0 bridgehead atoms. The number of unbranched alkanes of at least 4 members (excludes halogenated alkanes) is 1. The number of carbonyl (C=O) groups is 2. The topological polar surface area (TPSA) is 92.6 Å². The number of hydrogen-bond acceptors (Lipinski definition) is 8. The van der Waals surface area contributed by atoms with E-state index in [0.29, 0.717) is 38.6 Å². The Kier molecular flexibility index (Phi) is 8.84.